The Morgan fingerprint density at radius 2 is 1.88 bits per heavy atom. The molecule has 1 heterocycles. The summed E-state index contributed by atoms with van der Waals surface area (Å²) in [5.74, 6) is 6.26. The van der Waals surface area contributed by atoms with E-state index >= 15 is 0 Å². The Labute approximate surface area is 149 Å². The van der Waals surface area contributed by atoms with Crippen molar-refractivity contribution in [1.82, 2.24) is 10.3 Å². The second kappa shape index (κ2) is 6.97. The molecule has 0 atom stereocenters. The molecule has 0 radical (unpaired) electrons. The van der Waals surface area contributed by atoms with Crippen LogP contribution in [0.1, 0.15) is 31.4 Å². The molecule has 2 aromatic rings. The van der Waals surface area contributed by atoms with Crippen LogP contribution in [0.3, 0.4) is 0 Å². The van der Waals surface area contributed by atoms with Crippen LogP contribution in [-0.4, -0.2) is 24.1 Å². The molecule has 1 saturated carbocycles. The monoisotopic (exact) mass is 372 g/mol. The van der Waals surface area contributed by atoms with Gasteiger partial charge in [-0.3, -0.25) is 0 Å². The summed E-state index contributed by atoms with van der Waals surface area (Å²) >= 11 is 6.03. The van der Waals surface area contributed by atoms with Crippen LogP contribution in [0.2, 0.25) is 5.02 Å². The molecule has 4 nitrogen and oxygen atoms in total. The lowest BCUT2D eigenvalue weighted by Gasteiger charge is -2.36. The van der Waals surface area contributed by atoms with Crippen molar-refractivity contribution < 1.29 is 13.2 Å². The smallest absolute Gasteiger partial charge is 0.317 e. The van der Waals surface area contributed by atoms with Gasteiger partial charge in [0, 0.05) is 22.5 Å². The van der Waals surface area contributed by atoms with Crippen LogP contribution >= 0.6 is 11.6 Å². The molecule has 1 fully saturated rings. The van der Waals surface area contributed by atoms with Crippen LogP contribution in [0.25, 0.3) is 10.9 Å². The minimum absolute atomic E-state index is 0.0183. The van der Waals surface area contributed by atoms with Crippen molar-refractivity contribution in [3.05, 3.63) is 35.0 Å². The number of halogens is 4. The van der Waals surface area contributed by atoms with Gasteiger partial charge in [-0.2, -0.15) is 13.2 Å². The lowest BCUT2D eigenvalue weighted by atomic mass is 9.90. The highest BCUT2D eigenvalue weighted by molar-refractivity contribution is 6.31. The van der Waals surface area contributed by atoms with E-state index in [9.17, 15) is 13.2 Å². The van der Waals surface area contributed by atoms with Crippen LogP contribution in [0.4, 0.5) is 18.9 Å². The molecule has 1 aliphatic rings. The number of nitrogens with one attached hydrogen (secondary N) is 1. The van der Waals surface area contributed by atoms with Crippen molar-refractivity contribution in [2.24, 2.45) is 5.84 Å². The molecule has 0 aliphatic heterocycles. The molecule has 25 heavy (non-hydrogen) atoms. The molecule has 0 amide bonds. The fourth-order valence-corrected chi connectivity index (χ4v) is 3.55. The molecule has 136 valence electrons. The molecule has 0 saturated heterocycles. The molecular formula is C17H20ClF3N4. The van der Waals surface area contributed by atoms with E-state index in [4.69, 9.17) is 17.4 Å². The molecule has 1 aromatic heterocycles. The largest absolute Gasteiger partial charge is 0.433 e. The first-order valence-electron chi connectivity index (χ1n) is 8.18. The SMILES string of the molecule is CNC1CCC(N(N)c2cc(C(F)(F)F)nc3ccc(Cl)cc23)CC1. The molecule has 8 heteroatoms. The number of anilines is 1. The van der Waals surface area contributed by atoms with Gasteiger partial charge in [-0.25, -0.2) is 10.8 Å². The number of hydrogen-bond acceptors (Lipinski definition) is 4. The van der Waals surface area contributed by atoms with Crippen LogP contribution in [-0.2, 0) is 6.18 Å². The molecule has 1 aromatic carbocycles. The predicted molar refractivity (Wildman–Crippen MR) is 93.5 cm³/mol. The fraction of sp³-hybridized carbons (Fsp3) is 0.471. The van der Waals surface area contributed by atoms with E-state index in [2.05, 4.69) is 10.3 Å². The predicted octanol–water partition coefficient (Wildman–Crippen LogP) is 4.12. The van der Waals surface area contributed by atoms with Gasteiger partial charge in [-0.1, -0.05) is 11.6 Å². The standard InChI is InChI=1S/C17H20ClF3N4/c1-23-11-3-5-12(6-4-11)25(22)15-9-16(17(19,20)21)24-14-7-2-10(18)8-13(14)15/h2,7-9,11-12,23H,3-6,22H2,1H3. The summed E-state index contributed by atoms with van der Waals surface area (Å²) < 4.78 is 39.7. The van der Waals surface area contributed by atoms with Gasteiger partial charge in [0.15, 0.2) is 0 Å². The zero-order valence-corrected chi connectivity index (χ0v) is 14.5. The van der Waals surface area contributed by atoms with E-state index in [0.717, 1.165) is 31.7 Å². The summed E-state index contributed by atoms with van der Waals surface area (Å²) in [7, 11) is 1.92. The Balaban J connectivity index is 2.02. The number of aromatic nitrogens is 1. The van der Waals surface area contributed by atoms with E-state index in [0.29, 0.717) is 22.1 Å². The Kier molecular flexibility index (Phi) is 5.09. The van der Waals surface area contributed by atoms with Gasteiger partial charge in [-0.05, 0) is 57.0 Å². The highest BCUT2D eigenvalue weighted by Gasteiger charge is 2.34. The average molecular weight is 373 g/mol. The van der Waals surface area contributed by atoms with Crippen molar-refractivity contribution in [1.29, 1.82) is 0 Å². The number of rotatable bonds is 3. The lowest BCUT2D eigenvalue weighted by molar-refractivity contribution is -0.140. The summed E-state index contributed by atoms with van der Waals surface area (Å²) in [6, 6.07) is 6.05. The number of fused-ring (bicyclic) bond motifs is 1. The minimum atomic E-state index is -4.53. The van der Waals surface area contributed by atoms with Crippen molar-refractivity contribution in [2.45, 2.75) is 43.9 Å². The maximum absolute atomic E-state index is 13.2. The summed E-state index contributed by atoms with van der Waals surface area (Å²) in [5, 5.41) is 5.65. The maximum Gasteiger partial charge on any atom is 0.433 e. The number of nitrogens with two attached hydrogens (primary N) is 1. The lowest BCUT2D eigenvalue weighted by Crippen LogP contribution is -2.46. The normalized spacial score (nSPS) is 21.5. The molecule has 1 aliphatic carbocycles. The summed E-state index contributed by atoms with van der Waals surface area (Å²) in [6.07, 6.45) is -1.04. The van der Waals surface area contributed by atoms with E-state index in [1.165, 1.54) is 17.1 Å². The first kappa shape index (κ1) is 18.2. The maximum atomic E-state index is 13.2. The highest BCUT2D eigenvalue weighted by Crippen LogP contribution is 2.36. The van der Waals surface area contributed by atoms with Gasteiger partial charge >= 0.3 is 6.18 Å². The van der Waals surface area contributed by atoms with Crippen LogP contribution in [0.15, 0.2) is 24.3 Å². The van der Waals surface area contributed by atoms with Gasteiger partial charge in [0.05, 0.1) is 11.2 Å². The van der Waals surface area contributed by atoms with Gasteiger partial charge in [0.2, 0.25) is 0 Å². The van der Waals surface area contributed by atoms with Gasteiger partial charge in [-0.15, -0.1) is 0 Å². The topological polar surface area (TPSA) is 54.2 Å². The molecular weight excluding hydrogens is 353 g/mol. The van der Waals surface area contributed by atoms with Crippen LogP contribution in [0.5, 0.6) is 0 Å². The van der Waals surface area contributed by atoms with Crippen molar-refractivity contribution in [3.8, 4) is 0 Å². The van der Waals surface area contributed by atoms with Gasteiger partial charge in [0.1, 0.15) is 5.69 Å². The first-order valence-corrected chi connectivity index (χ1v) is 8.56. The Bertz CT molecular complexity index is 757. The van der Waals surface area contributed by atoms with E-state index in [1.807, 2.05) is 7.05 Å². The van der Waals surface area contributed by atoms with E-state index in [-0.39, 0.29) is 11.6 Å². The fourth-order valence-electron chi connectivity index (χ4n) is 3.38. The Morgan fingerprint density at radius 3 is 2.48 bits per heavy atom. The van der Waals surface area contributed by atoms with Gasteiger partial charge in [0.25, 0.3) is 0 Å². The highest BCUT2D eigenvalue weighted by atomic mass is 35.5. The summed E-state index contributed by atoms with van der Waals surface area (Å²) in [6.45, 7) is 0. The first-order chi connectivity index (χ1) is 11.8. The van der Waals surface area contributed by atoms with E-state index in [1.54, 1.807) is 6.07 Å². The Morgan fingerprint density at radius 1 is 1.20 bits per heavy atom. The second-order valence-corrected chi connectivity index (χ2v) is 6.82. The van der Waals surface area contributed by atoms with Gasteiger partial charge < -0.3 is 10.3 Å². The van der Waals surface area contributed by atoms with E-state index < -0.39 is 11.9 Å². The number of hydrazine groups is 1. The summed E-state index contributed by atoms with van der Waals surface area (Å²) in [4.78, 5) is 3.73. The number of alkyl halides is 3. The Hall–Kier alpha value is -1.57. The number of nitrogens with zero attached hydrogens (tertiary/aromatic N) is 2. The van der Waals surface area contributed by atoms with Crippen molar-refractivity contribution >= 4 is 28.2 Å². The zero-order valence-electron chi connectivity index (χ0n) is 13.8. The van der Waals surface area contributed by atoms with Crippen LogP contribution in [0, 0.1) is 0 Å². The third-order valence-corrected chi connectivity index (χ3v) is 5.05. The molecule has 3 rings (SSSR count). The summed E-state index contributed by atoms with van der Waals surface area (Å²) in [5.41, 5.74) is -0.405. The number of hydrogen-bond donors (Lipinski definition) is 2. The minimum Gasteiger partial charge on any atom is -0.317 e. The molecule has 0 unspecified atom stereocenters. The molecule has 0 spiro atoms. The molecule has 0 bridgehead atoms. The van der Waals surface area contributed by atoms with Crippen molar-refractivity contribution in [3.63, 3.8) is 0 Å². The van der Waals surface area contributed by atoms with Crippen LogP contribution < -0.4 is 16.2 Å². The number of pyridine rings is 1. The third-order valence-electron chi connectivity index (χ3n) is 4.82. The third kappa shape index (κ3) is 3.83. The quantitative estimate of drug-likeness (QED) is 0.628. The molecule has 3 N–H and O–H groups in total. The average Bonchev–Trinajstić information content (AvgIpc) is 2.59. The van der Waals surface area contributed by atoms with Crippen molar-refractivity contribution in [2.75, 3.05) is 12.1 Å². The number of benzene rings is 1. The second-order valence-electron chi connectivity index (χ2n) is 6.39. The zero-order chi connectivity index (χ0) is 18.2.